The molecule has 1 aromatic heterocycles. The summed E-state index contributed by atoms with van der Waals surface area (Å²) in [5.41, 5.74) is 1.19. The number of fused-ring (bicyclic) bond motifs is 1. The maximum Gasteiger partial charge on any atom is 0.335 e. The van der Waals surface area contributed by atoms with Crippen LogP contribution in [-0.4, -0.2) is 49.2 Å². The van der Waals surface area contributed by atoms with E-state index >= 15 is 0 Å². The third-order valence-corrected chi connectivity index (χ3v) is 6.69. The molecule has 3 aromatic carbocycles. The van der Waals surface area contributed by atoms with Gasteiger partial charge < -0.3 is 10.0 Å². The van der Waals surface area contributed by atoms with E-state index in [0.29, 0.717) is 16.7 Å². The molecule has 4 aromatic rings. The Bertz CT molecular complexity index is 1570. The van der Waals surface area contributed by atoms with Crippen molar-refractivity contribution in [1.82, 2.24) is 19.9 Å². The Morgan fingerprint density at radius 2 is 1.76 bits per heavy atom. The molecule has 0 saturated heterocycles. The van der Waals surface area contributed by atoms with E-state index in [1.807, 2.05) is 0 Å². The first-order valence-corrected chi connectivity index (χ1v) is 11.9. The molecule has 2 heterocycles. The Hall–Kier alpha value is -4.44. The summed E-state index contributed by atoms with van der Waals surface area (Å²) in [4.78, 5) is 39.6. The fourth-order valence-electron chi connectivity index (χ4n) is 4.55. The van der Waals surface area contributed by atoms with E-state index in [1.54, 1.807) is 6.07 Å². The largest absolute Gasteiger partial charge is 0.478 e. The summed E-state index contributed by atoms with van der Waals surface area (Å²) in [6.07, 6.45) is 1.30. The zero-order chi connectivity index (χ0) is 27.0. The minimum atomic E-state index is -1.12. The second kappa shape index (κ2) is 10.1. The Morgan fingerprint density at radius 1 is 1.03 bits per heavy atom. The number of carbonyl (C=O) groups is 3. The molecular weight excluding hydrogens is 518 g/mol. The molecule has 0 fully saturated rings. The molecule has 1 unspecified atom stereocenters. The molecule has 0 bridgehead atoms. The van der Waals surface area contributed by atoms with Crippen molar-refractivity contribution in [3.63, 3.8) is 0 Å². The van der Waals surface area contributed by atoms with Crippen LogP contribution in [0.3, 0.4) is 0 Å². The summed E-state index contributed by atoms with van der Waals surface area (Å²) in [6.45, 7) is 0.0412. The molecule has 1 atom stereocenters. The second-order valence-corrected chi connectivity index (χ2v) is 9.13. The van der Waals surface area contributed by atoms with Crippen LogP contribution in [0.25, 0.3) is 5.69 Å². The topological polar surface area (TPSA) is 105 Å². The first-order chi connectivity index (χ1) is 18.2. The van der Waals surface area contributed by atoms with Crippen molar-refractivity contribution in [2.45, 2.75) is 18.9 Å². The third-order valence-electron chi connectivity index (χ3n) is 6.40. The van der Waals surface area contributed by atoms with Gasteiger partial charge in [-0.1, -0.05) is 47.1 Å². The van der Waals surface area contributed by atoms with E-state index in [0.717, 1.165) is 4.68 Å². The molecule has 0 radical (unpaired) electrons. The number of carboxylic acid groups (broad SMARTS) is 1. The van der Waals surface area contributed by atoms with Crippen LogP contribution >= 0.6 is 11.6 Å². The van der Waals surface area contributed by atoms with Crippen LogP contribution in [0.5, 0.6) is 0 Å². The number of ketones is 1. The zero-order valence-electron chi connectivity index (χ0n) is 19.6. The number of aromatic carboxylic acids is 1. The minimum Gasteiger partial charge on any atom is -0.478 e. The van der Waals surface area contributed by atoms with E-state index in [1.165, 1.54) is 65.7 Å². The lowest BCUT2D eigenvalue weighted by molar-refractivity contribution is -0.123. The van der Waals surface area contributed by atoms with Gasteiger partial charge in [0, 0.05) is 13.0 Å². The van der Waals surface area contributed by atoms with Gasteiger partial charge in [-0.2, -0.15) is 0 Å². The molecule has 0 saturated carbocycles. The Balaban J connectivity index is 1.48. The average molecular weight is 537 g/mol. The van der Waals surface area contributed by atoms with Gasteiger partial charge in [-0.3, -0.25) is 9.59 Å². The molecular formula is C27H19ClF2N4O4. The Morgan fingerprint density at radius 3 is 2.50 bits per heavy atom. The van der Waals surface area contributed by atoms with Crippen LogP contribution in [0.4, 0.5) is 8.78 Å². The predicted molar refractivity (Wildman–Crippen MR) is 132 cm³/mol. The van der Waals surface area contributed by atoms with Crippen LogP contribution in [0.2, 0.25) is 5.02 Å². The number of aromatic nitrogens is 3. The Labute approximate surface area is 220 Å². The molecule has 0 aliphatic carbocycles. The summed E-state index contributed by atoms with van der Waals surface area (Å²) in [5.74, 6) is -3.32. The van der Waals surface area contributed by atoms with Crippen molar-refractivity contribution < 1.29 is 28.3 Å². The van der Waals surface area contributed by atoms with Crippen molar-refractivity contribution >= 4 is 29.3 Å². The number of hydrogen-bond acceptors (Lipinski definition) is 5. The predicted octanol–water partition coefficient (Wildman–Crippen LogP) is 4.45. The summed E-state index contributed by atoms with van der Waals surface area (Å²) in [7, 11) is 0. The minimum absolute atomic E-state index is 0.00690. The molecule has 38 heavy (non-hydrogen) atoms. The Kier molecular flexibility index (Phi) is 6.73. The molecule has 192 valence electrons. The SMILES string of the molecule is O=C(O)c1ccc(CC(=O)C2c3cccc(F)c3CCN2C(=O)c2cn(-c3cccc(Cl)c3F)nn2)cc1. The normalized spacial score (nSPS) is 14.7. The number of benzene rings is 3. The summed E-state index contributed by atoms with van der Waals surface area (Å²) in [6, 6.07) is 13.4. The highest BCUT2D eigenvalue weighted by Crippen LogP contribution is 2.34. The van der Waals surface area contributed by atoms with Crippen LogP contribution < -0.4 is 0 Å². The monoisotopic (exact) mass is 536 g/mol. The molecule has 1 aliphatic heterocycles. The van der Waals surface area contributed by atoms with Gasteiger partial charge in [0.05, 0.1) is 16.8 Å². The average Bonchev–Trinajstić information content (AvgIpc) is 3.40. The van der Waals surface area contributed by atoms with Crippen molar-refractivity contribution in [3.8, 4) is 5.69 Å². The molecule has 1 aliphatic rings. The van der Waals surface area contributed by atoms with Crippen LogP contribution in [0.1, 0.15) is 43.6 Å². The molecule has 1 N–H and O–H groups in total. The van der Waals surface area contributed by atoms with Gasteiger partial charge in [0.25, 0.3) is 5.91 Å². The molecule has 11 heteroatoms. The lowest BCUT2D eigenvalue weighted by Gasteiger charge is -2.36. The van der Waals surface area contributed by atoms with Gasteiger partial charge in [0.2, 0.25) is 0 Å². The number of halogens is 3. The summed E-state index contributed by atoms with van der Waals surface area (Å²) < 4.78 is 30.2. The fourth-order valence-corrected chi connectivity index (χ4v) is 4.72. The maximum atomic E-state index is 14.6. The highest BCUT2D eigenvalue weighted by atomic mass is 35.5. The van der Waals surface area contributed by atoms with Crippen LogP contribution in [0.15, 0.2) is 66.9 Å². The number of hydrogen-bond donors (Lipinski definition) is 1. The van der Waals surface area contributed by atoms with Gasteiger partial charge in [-0.05, 0) is 53.4 Å². The van der Waals surface area contributed by atoms with Crippen molar-refractivity contribution in [3.05, 3.63) is 111 Å². The van der Waals surface area contributed by atoms with Crippen molar-refractivity contribution in [2.24, 2.45) is 0 Å². The summed E-state index contributed by atoms with van der Waals surface area (Å²) in [5, 5.41) is 16.7. The highest BCUT2D eigenvalue weighted by Gasteiger charge is 2.38. The van der Waals surface area contributed by atoms with Gasteiger partial charge in [0.15, 0.2) is 17.3 Å². The molecule has 1 amide bonds. The highest BCUT2D eigenvalue weighted by molar-refractivity contribution is 6.30. The third kappa shape index (κ3) is 4.66. The lowest BCUT2D eigenvalue weighted by atomic mass is 9.87. The smallest absolute Gasteiger partial charge is 0.335 e. The quantitative estimate of drug-likeness (QED) is 0.390. The number of carboxylic acids is 1. The maximum absolute atomic E-state index is 14.6. The van der Waals surface area contributed by atoms with Crippen LogP contribution in [0, 0.1) is 11.6 Å². The standard InChI is InChI=1S/C27H19ClF2N4O4/c28-19-4-2-6-22(24(19)30)34-14-21(31-32-34)26(36)33-12-11-17-18(3-1-5-20(17)29)25(33)23(35)13-15-7-9-16(10-8-15)27(37)38/h1-10,14,25H,11-13H2,(H,37,38). The molecule has 5 rings (SSSR count). The first kappa shape index (κ1) is 25.2. The van der Waals surface area contributed by atoms with Gasteiger partial charge >= 0.3 is 5.97 Å². The number of Topliss-reactive ketones (excluding diaryl/α,β-unsaturated/α-hetero) is 1. The molecule has 8 nitrogen and oxygen atoms in total. The number of nitrogens with zero attached hydrogens (tertiary/aromatic N) is 4. The number of carbonyl (C=O) groups excluding carboxylic acids is 2. The van der Waals surface area contributed by atoms with E-state index < -0.39 is 29.6 Å². The van der Waals surface area contributed by atoms with Crippen molar-refractivity contribution in [2.75, 3.05) is 6.54 Å². The van der Waals surface area contributed by atoms with E-state index in [9.17, 15) is 23.2 Å². The second-order valence-electron chi connectivity index (χ2n) is 8.73. The van der Waals surface area contributed by atoms with Crippen LogP contribution in [-0.2, 0) is 17.6 Å². The number of rotatable bonds is 6. The summed E-state index contributed by atoms with van der Waals surface area (Å²) >= 11 is 5.85. The van der Waals surface area contributed by atoms with E-state index in [2.05, 4.69) is 10.3 Å². The van der Waals surface area contributed by atoms with Gasteiger partial charge in [-0.25, -0.2) is 18.3 Å². The van der Waals surface area contributed by atoms with Gasteiger partial charge in [0.1, 0.15) is 17.5 Å². The molecule has 0 spiro atoms. The fraction of sp³-hybridized carbons (Fsp3) is 0.148. The van der Waals surface area contributed by atoms with Crippen molar-refractivity contribution in [1.29, 1.82) is 0 Å². The van der Waals surface area contributed by atoms with E-state index in [4.69, 9.17) is 16.7 Å². The lowest BCUT2D eigenvalue weighted by Crippen LogP contribution is -2.44. The van der Waals surface area contributed by atoms with Gasteiger partial charge in [-0.15, -0.1) is 5.10 Å². The first-order valence-electron chi connectivity index (χ1n) is 11.5. The number of amides is 1. The zero-order valence-corrected chi connectivity index (χ0v) is 20.4. The van der Waals surface area contributed by atoms with E-state index in [-0.39, 0.29) is 47.1 Å².